The van der Waals surface area contributed by atoms with Crippen LogP contribution in [0.1, 0.15) is 16.7 Å². The first-order valence-electron chi connectivity index (χ1n) is 10.9. The predicted molar refractivity (Wildman–Crippen MR) is 137 cm³/mol. The Labute approximate surface area is 213 Å². The number of thiol groups is 1. The van der Waals surface area contributed by atoms with Gasteiger partial charge in [0.1, 0.15) is 23.9 Å². The van der Waals surface area contributed by atoms with E-state index in [1.807, 2.05) is 54.6 Å². The Bertz CT molecular complexity index is 1320. The van der Waals surface area contributed by atoms with Gasteiger partial charge in [-0.2, -0.15) is 0 Å². The molecular formula is C26H23F6O3PS. The van der Waals surface area contributed by atoms with Crippen molar-refractivity contribution >= 4 is 36.5 Å². The summed E-state index contributed by atoms with van der Waals surface area (Å²) in [6.07, 6.45) is -0.694. The van der Waals surface area contributed by atoms with Crippen LogP contribution >= 0.6 is 7.81 Å². The minimum absolute atomic E-state index is 0.199. The zero-order valence-electron chi connectivity index (χ0n) is 19.2. The van der Waals surface area contributed by atoms with Crippen LogP contribution in [0.3, 0.4) is 0 Å². The first-order valence-corrected chi connectivity index (χ1v) is 14.2. The molecule has 4 aromatic rings. The second-order valence-electron chi connectivity index (χ2n) is 7.91. The number of ether oxygens (including phenoxy) is 2. The van der Waals surface area contributed by atoms with Gasteiger partial charge in [0, 0.05) is 11.1 Å². The molecule has 0 saturated heterocycles. The molecule has 0 aromatic heterocycles. The Morgan fingerprint density at radius 1 is 0.676 bits per heavy atom. The van der Waals surface area contributed by atoms with Crippen molar-refractivity contribution in [2.75, 3.05) is 0 Å². The number of fused-ring (bicyclic) bond motifs is 1. The number of benzene rings is 4. The number of rotatable bonds is 7. The van der Waals surface area contributed by atoms with Gasteiger partial charge in [0.05, 0.1) is 0 Å². The molecule has 0 unspecified atom stereocenters. The number of carbonyl (C=O) groups is 1. The van der Waals surface area contributed by atoms with Gasteiger partial charge in [-0.3, -0.25) is 0 Å². The van der Waals surface area contributed by atoms with E-state index in [1.165, 1.54) is 33.7 Å². The van der Waals surface area contributed by atoms with Crippen LogP contribution in [0.4, 0.5) is 30.0 Å². The van der Waals surface area contributed by atoms with Gasteiger partial charge in [0.25, 0.3) is 0 Å². The molecule has 0 amide bonds. The molecule has 0 spiro atoms. The summed E-state index contributed by atoms with van der Waals surface area (Å²) in [7, 11) is -10.7. The maximum Gasteiger partial charge on any atom is 0.514 e. The van der Waals surface area contributed by atoms with Crippen molar-refractivity contribution in [2.45, 2.75) is 18.1 Å². The van der Waals surface area contributed by atoms with E-state index in [1.54, 1.807) is 0 Å². The summed E-state index contributed by atoms with van der Waals surface area (Å²) in [4.78, 5) is 11.9. The minimum Gasteiger partial charge on any atom is -0.429 e. The Hall–Kier alpha value is -3.23. The van der Waals surface area contributed by atoms with Crippen LogP contribution in [-0.4, -0.2) is 6.16 Å². The van der Waals surface area contributed by atoms with E-state index < -0.39 is 14.0 Å². The summed E-state index contributed by atoms with van der Waals surface area (Å²) in [5.74, 6) is 2.44. The molecule has 0 atom stereocenters. The standard InChI is InChI=1S/C26H22O3S.F6P/c27-26(28-17-20-7-2-1-3-8-20)29-24-15-13-21(14-16-24)18-30-19-23-11-6-10-22-9-4-5-12-25(22)23;1-7(2,3,4,5)6/h1-16H,17-19H2;/q;-1/p+1. The molecule has 198 valence electrons. The normalized spacial score (nSPS) is 13.0. The van der Waals surface area contributed by atoms with E-state index in [2.05, 4.69) is 42.5 Å². The smallest absolute Gasteiger partial charge is 0.429 e. The molecule has 0 fully saturated rings. The second-order valence-corrected chi connectivity index (χ2v) is 10.9. The largest absolute Gasteiger partial charge is 0.514 e. The van der Waals surface area contributed by atoms with Gasteiger partial charge >= 0.3 is 39.1 Å². The molecule has 0 aliphatic rings. The first kappa shape index (κ1) is 28.3. The van der Waals surface area contributed by atoms with E-state index in [0.29, 0.717) is 5.75 Å². The maximum absolute atomic E-state index is 11.9. The Morgan fingerprint density at radius 3 is 1.95 bits per heavy atom. The second kappa shape index (κ2) is 11.0. The quantitative estimate of drug-likeness (QED) is 0.0564. The summed E-state index contributed by atoms with van der Waals surface area (Å²) in [6, 6.07) is 32.1. The van der Waals surface area contributed by atoms with E-state index in [9.17, 15) is 30.0 Å². The summed E-state index contributed by atoms with van der Waals surface area (Å²) in [5.41, 5.74) is 3.51. The van der Waals surface area contributed by atoms with Crippen LogP contribution in [0, 0.1) is 0 Å². The van der Waals surface area contributed by atoms with Crippen LogP contribution in [0.5, 0.6) is 5.75 Å². The van der Waals surface area contributed by atoms with Gasteiger partial charge < -0.3 is 9.47 Å². The Balaban J connectivity index is 0.000000479. The first-order chi connectivity index (χ1) is 17.2. The van der Waals surface area contributed by atoms with Crippen LogP contribution in [-0.2, 0) is 34.6 Å². The molecule has 0 aliphatic carbocycles. The number of halogens is 6. The average Bonchev–Trinajstić information content (AvgIpc) is 2.83. The zero-order chi connectivity index (χ0) is 27.0. The van der Waals surface area contributed by atoms with Crippen molar-refractivity contribution < 1.29 is 39.4 Å². The molecular weight excluding hydrogens is 537 g/mol. The van der Waals surface area contributed by atoms with Crippen molar-refractivity contribution in [1.29, 1.82) is 0 Å². The van der Waals surface area contributed by atoms with Crippen LogP contribution in [0.2, 0.25) is 0 Å². The monoisotopic (exact) mass is 560 g/mol. The molecule has 11 heteroatoms. The van der Waals surface area contributed by atoms with Crippen molar-refractivity contribution in [1.82, 2.24) is 0 Å². The van der Waals surface area contributed by atoms with Gasteiger partial charge in [0.15, 0.2) is 0 Å². The Morgan fingerprint density at radius 2 is 1.27 bits per heavy atom. The van der Waals surface area contributed by atoms with Crippen molar-refractivity contribution in [3.63, 3.8) is 0 Å². The molecule has 4 rings (SSSR count). The summed E-state index contributed by atoms with van der Waals surface area (Å²) in [5, 5.41) is 2.61. The van der Waals surface area contributed by atoms with E-state index >= 15 is 0 Å². The number of carbonyl (C=O) groups excluding carboxylic acids is 1. The average molecular weight is 560 g/mol. The zero-order valence-corrected chi connectivity index (χ0v) is 21.0. The summed E-state index contributed by atoms with van der Waals surface area (Å²) in [6.45, 7) is 0.199. The number of hydrogen-bond acceptors (Lipinski definition) is 3. The molecule has 0 heterocycles. The van der Waals surface area contributed by atoms with E-state index in [4.69, 9.17) is 9.47 Å². The third kappa shape index (κ3) is 12.0. The van der Waals surface area contributed by atoms with Crippen molar-refractivity contribution in [3.8, 4) is 5.75 Å². The molecule has 0 radical (unpaired) electrons. The van der Waals surface area contributed by atoms with Crippen LogP contribution < -0.4 is 4.74 Å². The summed E-state index contributed by atoms with van der Waals surface area (Å²) >= 11 is 1.33. The molecule has 4 aromatic carbocycles. The van der Waals surface area contributed by atoms with Crippen LogP contribution in [0.15, 0.2) is 97.1 Å². The summed E-state index contributed by atoms with van der Waals surface area (Å²) < 4.78 is 69.6. The van der Waals surface area contributed by atoms with E-state index in [0.717, 1.165) is 17.1 Å². The van der Waals surface area contributed by atoms with E-state index in [-0.39, 0.29) is 6.61 Å². The maximum atomic E-state index is 11.9. The van der Waals surface area contributed by atoms with Gasteiger partial charge in [-0.25, -0.2) is 4.79 Å². The van der Waals surface area contributed by atoms with Gasteiger partial charge in [-0.1, -0.05) is 84.9 Å². The fourth-order valence-electron chi connectivity index (χ4n) is 3.24. The van der Waals surface area contributed by atoms with Gasteiger partial charge in [-0.05, 0) is 40.2 Å². The topological polar surface area (TPSA) is 35.5 Å². The van der Waals surface area contributed by atoms with Gasteiger partial charge in [0.2, 0.25) is 0 Å². The molecule has 0 bridgehead atoms. The minimum atomic E-state index is -10.7. The van der Waals surface area contributed by atoms with Gasteiger partial charge in [-0.15, -0.1) is 0 Å². The SMILES string of the molecule is F[P-](F)(F)(F)(F)F.O=C(OCc1ccccc1)Oc1ccc(C[SH+]Cc2cccc3ccccc23)cc1. The number of hydrogen-bond donors (Lipinski definition) is 0. The molecule has 0 aliphatic heterocycles. The molecule has 37 heavy (non-hydrogen) atoms. The Kier molecular flexibility index (Phi) is 8.45. The third-order valence-corrected chi connectivity index (χ3v) is 5.93. The predicted octanol–water partition coefficient (Wildman–Crippen LogP) is 9.45. The fraction of sp³-hybridized carbons (Fsp3) is 0.115. The van der Waals surface area contributed by atoms with Crippen LogP contribution in [0.25, 0.3) is 10.8 Å². The molecule has 3 nitrogen and oxygen atoms in total. The molecule has 0 saturated carbocycles. The van der Waals surface area contributed by atoms with Crippen molar-refractivity contribution in [3.05, 3.63) is 114 Å². The third-order valence-electron chi connectivity index (χ3n) is 4.78. The molecule has 0 N–H and O–H groups in total. The fourth-order valence-corrected chi connectivity index (χ4v) is 4.34. The van der Waals surface area contributed by atoms with Crippen molar-refractivity contribution in [2.24, 2.45) is 0 Å².